The van der Waals surface area contributed by atoms with E-state index in [9.17, 15) is 129 Å². The van der Waals surface area contributed by atoms with E-state index in [-0.39, 0.29) is 18.4 Å². The van der Waals surface area contributed by atoms with E-state index in [1.165, 1.54) is 13.8 Å². The number of hydrogen-bond donors (Lipinski definition) is 0. The first-order chi connectivity index (χ1) is 42.7. The molecule has 0 heterocycles. The largest absolute Gasteiger partial charge is 0.313 e. The number of rotatable bonds is 6. The molecule has 0 amide bonds. The summed E-state index contributed by atoms with van der Waals surface area (Å²) in [4.78, 5) is 9.15. The molecule has 7 rings (SSSR count). The summed E-state index contributed by atoms with van der Waals surface area (Å²) in [6.07, 6.45) is 5.75. The van der Waals surface area contributed by atoms with E-state index < -0.39 is 246 Å². The lowest BCUT2D eigenvalue weighted by Gasteiger charge is -2.08. The van der Waals surface area contributed by atoms with Crippen LogP contribution >= 0.6 is 0 Å². The van der Waals surface area contributed by atoms with Crippen LogP contribution in [-0.4, -0.2) is 4.92 Å². The van der Waals surface area contributed by atoms with Gasteiger partial charge in [0.1, 0.15) is 11.4 Å². The Kier molecular flexibility index (Phi) is 30.1. The highest BCUT2D eigenvalue weighted by Crippen LogP contribution is 2.32. The van der Waals surface area contributed by atoms with Crippen molar-refractivity contribution >= 4 is 17.3 Å². The zero-order chi connectivity index (χ0) is 72.9. The Morgan fingerprint density at radius 2 is 0.613 bits per heavy atom. The molecule has 0 saturated heterocycles. The first-order valence-electron chi connectivity index (χ1n) is 25.7. The fourth-order valence-corrected chi connectivity index (χ4v) is 7.26. The van der Waals surface area contributed by atoms with Crippen LogP contribution in [0.15, 0.2) is 13.2 Å². The highest BCUT2D eigenvalue weighted by Gasteiger charge is 2.30. The maximum absolute atomic E-state index is 13.1. The molecular formula is C63H48F27NO2. The number of hydrogen-bond acceptors (Lipinski definition) is 2. The van der Waals surface area contributed by atoms with Crippen LogP contribution in [0.4, 0.5) is 124 Å². The topological polar surface area (TPSA) is 43.1 Å². The van der Waals surface area contributed by atoms with E-state index in [0.29, 0.717) is 6.42 Å². The Morgan fingerprint density at radius 1 is 0.376 bits per heavy atom. The molecule has 0 radical (unpaired) electrons. The van der Waals surface area contributed by atoms with Gasteiger partial charge in [-0.05, 0) is 87.7 Å². The van der Waals surface area contributed by atoms with Gasteiger partial charge < -0.3 is 0 Å². The Hall–Kier alpha value is -8.91. The van der Waals surface area contributed by atoms with Crippen molar-refractivity contribution in [1.29, 1.82) is 0 Å². The maximum atomic E-state index is 13.1. The molecule has 7 aromatic carbocycles. The van der Waals surface area contributed by atoms with Gasteiger partial charge in [0.25, 0.3) is 0 Å². The Morgan fingerprint density at radius 3 is 0.860 bits per heavy atom. The van der Waals surface area contributed by atoms with Gasteiger partial charge in [-0.2, -0.15) is 4.39 Å². The minimum Gasteiger partial charge on any atom is -0.258 e. The van der Waals surface area contributed by atoms with E-state index in [2.05, 4.69) is 19.6 Å². The second-order valence-corrected chi connectivity index (χ2v) is 19.1. The van der Waals surface area contributed by atoms with Crippen LogP contribution in [-0.2, 0) is 12.8 Å². The van der Waals surface area contributed by atoms with E-state index in [0.717, 1.165) is 68.4 Å². The summed E-state index contributed by atoms with van der Waals surface area (Å²) in [7, 11) is 0. The van der Waals surface area contributed by atoms with Gasteiger partial charge in [-0.15, -0.1) is 6.42 Å². The van der Waals surface area contributed by atoms with Crippen LogP contribution in [0.5, 0.6) is 0 Å². The van der Waals surface area contributed by atoms with Gasteiger partial charge in [-0.25, -0.2) is 114 Å². The summed E-state index contributed by atoms with van der Waals surface area (Å²) >= 11 is 0. The first kappa shape index (κ1) is 82.1. The molecule has 0 aliphatic rings. The van der Waals surface area contributed by atoms with Crippen molar-refractivity contribution < 1.29 is 123 Å². The van der Waals surface area contributed by atoms with Gasteiger partial charge in [-0.3, -0.25) is 10.1 Å². The monoisotopic (exact) mass is 1360 g/mol. The fraction of sp³-hybridized carbons (Fsp3) is 0.238. The predicted octanol–water partition coefficient (Wildman–Crippen LogP) is 21.4. The third-order valence-electron chi connectivity index (χ3n) is 12.9. The van der Waals surface area contributed by atoms with Gasteiger partial charge in [0.05, 0.1) is 21.6 Å². The number of nitro groups is 1. The third kappa shape index (κ3) is 17.6. The smallest absolute Gasteiger partial charge is 0.258 e. The molecule has 30 heteroatoms. The molecule has 506 valence electrons. The van der Waals surface area contributed by atoms with Gasteiger partial charge in [0.2, 0.25) is 5.82 Å². The number of terminal acetylenes is 1. The van der Waals surface area contributed by atoms with Gasteiger partial charge >= 0.3 is 5.69 Å². The highest BCUT2D eigenvalue weighted by atomic mass is 19.2. The van der Waals surface area contributed by atoms with Crippen molar-refractivity contribution in [1.82, 2.24) is 0 Å². The van der Waals surface area contributed by atoms with Gasteiger partial charge in [-0.1, -0.05) is 45.4 Å². The van der Waals surface area contributed by atoms with Crippen molar-refractivity contribution in [2.45, 2.75) is 102 Å². The standard InChI is InChI=1S/C10H8F4.C10H10F4.C9H8F4.C9H6F4.C9H4F4.C8H6F4.C8H6F3NO2/c1-4(2)6-9(13)7(11)5(3)8(12)10(6)14;1-3-4-6-9(13)7(11)5(2)8(12)10(6)14;3*1-3-5-8(12)6(10)4(2)7(11)9(5)13;1-3-5(9)7(11)4(2)8(12)6(3)10;1-3-5(9)4(2)8(12(13)14)7(11)6(3)10/h1H2,2-3H3;3-4H2,1-2H3;3H2,1-2H3;3H,1H2,2H3;1H,2H3;1-2H3;1-2H3. The Labute approximate surface area is 512 Å². The molecular weight excluding hydrogens is 1320 g/mol. The van der Waals surface area contributed by atoms with Gasteiger partial charge in [0, 0.05) is 55.6 Å². The zero-order valence-corrected chi connectivity index (χ0v) is 50.2. The molecule has 93 heavy (non-hydrogen) atoms. The number of benzene rings is 7. The second-order valence-electron chi connectivity index (χ2n) is 19.1. The molecule has 0 aliphatic heterocycles. The van der Waals surface area contributed by atoms with Crippen LogP contribution in [0.2, 0.25) is 0 Å². The molecule has 0 aromatic heterocycles. The second kappa shape index (κ2) is 34.1. The minimum atomic E-state index is -1.62. The quantitative estimate of drug-likeness (QED) is 0.0547. The summed E-state index contributed by atoms with van der Waals surface area (Å²) < 4.78 is 348. The molecule has 0 bridgehead atoms. The Bertz CT molecular complexity index is 3710. The average Bonchev–Trinajstić information content (AvgIpc) is 0.873. The van der Waals surface area contributed by atoms with Crippen LogP contribution in [0.1, 0.15) is 105 Å². The predicted molar refractivity (Wildman–Crippen MR) is 289 cm³/mol. The van der Waals surface area contributed by atoms with E-state index in [1.807, 2.05) is 0 Å². The lowest BCUT2D eigenvalue weighted by molar-refractivity contribution is -0.388. The van der Waals surface area contributed by atoms with Crippen LogP contribution in [0.25, 0.3) is 11.6 Å². The fourth-order valence-electron chi connectivity index (χ4n) is 7.26. The van der Waals surface area contributed by atoms with E-state index >= 15 is 0 Å². The van der Waals surface area contributed by atoms with Crippen LogP contribution < -0.4 is 0 Å². The summed E-state index contributed by atoms with van der Waals surface area (Å²) in [6, 6.07) is 0. The summed E-state index contributed by atoms with van der Waals surface area (Å²) in [5.74, 6) is -35.4. The number of allylic oxidation sites excluding steroid dienone is 1. The highest BCUT2D eigenvalue weighted by molar-refractivity contribution is 5.63. The van der Waals surface area contributed by atoms with Crippen molar-refractivity contribution in [3.05, 3.63) is 258 Å². The SMILES string of the molecule is C#Cc1c(F)c(F)c(C)c(F)c1F.C=C(C)c1c(F)c(F)c(C)c(F)c1F.C=Cc1c(F)c(F)c(C)c(F)c1F.CCCc1c(F)c(F)c(C)c(F)c1F.CCc1c(F)c(F)c(C)c(F)c1F.Cc1c(F)c(C)c([N+](=O)[O-])c(F)c1F.Cc1c(F)c(F)c(C)c(F)c1F. The lowest BCUT2D eigenvalue weighted by Crippen LogP contribution is -2.05. The van der Waals surface area contributed by atoms with E-state index in [1.54, 1.807) is 12.8 Å². The molecule has 0 saturated carbocycles. The molecule has 7 aromatic rings. The van der Waals surface area contributed by atoms with Crippen molar-refractivity contribution in [2.24, 2.45) is 0 Å². The number of halogens is 27. The minimum absolute atomic E-state index is 0.00815. The third-order valence-corrected chi connectivity index (χ3v) is 12.9. The lowest BCUT2D eigenvalue weighted by atomic mass is 10.0. The van der Waals surface area contributed by atoms with Crippen LogP contribution in [0, 0.1) is 242 Å². The van der Waals surface area contributed by atoms with Gasteiger partial charge in [0.15, 0.2) is 145 Å². The molecule has 0 unspecified atom stereocenters. The molecule has 0 atom stereocenters. The van der Waals surface area contributed by atoms with Crippen molar-refractivity contribution in [2.75, 3.05) is 0 Å². The van der Waals surface area contributed by atoms with Crippen LogP contribution in [0.3, 0.4) is 0 Å². The summed E-state index contributed by atoms with van der Waals surface area (Å²) in [6.45, 7) is 19.5. The van der Waals surface area contributed by atoms with E-state index in [4.69, 9.17) is 0 Å². The number of nitro benzene ring substituents is 1. The van der Waals surface area contributed by atoms with Crippen molar-refractivity contribution in [3.63, 3.8) is 0 Å². The molecule has 0 spiro atoms. The summed E-state index contributed by atoms with van der Waals surface area (Å²) in [5.41, 5.74) is -10.3. The summed E-state index contributed by atoms with van der Waals surface area (Å²) in [5, 5.41) is 10.3. The van der Waals surface area contributed by atoms with Crippen molar-refractivity contribution in [3.8, 4) is 12.3 Å². The molecule has 0 N–H and O–H groups in total. The molecule has 3 nitrogen and oxygen atoms in total. The Balaban J connectivity index is 0.000000543. The number of nitrogens with zero attached hydrogens (tertiary/aromatic N) is 1. The molecule has 0 aliphatic carbocycles. The zero-order valence-electron chi connectivity index (χ0n) is 50.2. The normalized spacial score (nSPS) is 10.4. The maximum Gasteiger partial charge on any atom is 0.313 e. The average molecular weight is 1360 g/mol. The first-order valence-corrected chi connectivity index (χ1v) is 25.7. The molecule has 0 fully saturated rings.